The number of carbonyl (C=O) groups is 2. The summed E-state index contributed by atoms with van der Waals surface area (Å²) >= 11 is 9.92. The molecule has 2 aromatic rings. The Morgan fingerprint density at radius 1 is 1.29 bits per heavy atom. The van der Waals surface area contributed by atoms with Crippen LogP contribution in [0.2, 0.25) is 0 Å². The Hall–Kier alpha value is -2.16. The van der Waals surface area contributed by atoms with Crippen LogP contribution in [0.1, 0.15) is 22.8 Å². The summed E-state index contributed by atoms with van der Waals surface area (Å²) in [6.07, 6.45) is 1.74. The highest BCUT2D eigenvalue weighted by atomic mass is 79.9. The molecule has 0 saturated carbocycles. The summed E-state index contributed by atoms with van der Waals surface area (Å²) < 4.78 is 12.0. The summed E-state index contributed by atoms with van der Waals surface area (Å²) in [5.74, 6) is 0.0359. The number of likely N-dealkylation sites (N-methyl/N-ethyl adjacent to an activating group) is 1. The molecule has 28 heavy (non-hydrogen) atoms. The molecular weight excluding hydrogens is 462 g/mol. The Balaban J connectivity index is 1.90. The van der Waals surface area contributed by atoms with E-state index in [1.807, 2.05) is 13.0 Å². The first-order chi connectivity index (χ1) is 13.4. The molecule has 1 fully saturated rings. The van der Waals surface area contributed by atoms with Crippen LogP contribution in [0.25, 0.3) is 6.08 Å². The van der Waals surface area contributed by atoms with E-state index in [4.69, 9.17) is 21.7 Å². The highest BCUT2D eigenvalue weighted by molar-refractivity contribution is 9.10. The van der Waals surface area contributed by atoms with Gasteiger partial charge in [-0.3, -0.25) is 9.69 Å². The van der Waals surface area contributed by atoms with E-state index in [1.165, 1.54) is 18.9 Å². The minimum absolute atomic E-state index is 0.118. The maximum absolute atomic E-state index is 12.4. The van der Waals surface area contributed by atoms with Crippen LogP contribution in [-0.2, 0) is 4.79 Å². The molecule has 1 aliphatic rings. The summed E-state index contributed by atoms with van der Waals surface area (Å²) in [6.45, 7) is 2.41. The molecule has 0 aromatic heterocycles. The van der Waals surface area contributed by atoms with Crippen LogP contribution in [0.15, 0.2) is 51.8 Å². The van der Waals surface area contributed by atoms with E-state index in [0.29, 0.717) is 31.6 Å². The van der Waals surface area contributed by atoms with Gasteiger partial charge < -0.3 is 9.47 Å². The first kappa shape index (κ1) is 20.6. The second-order valence-corrected chi connectivity index (χ2v) is 8.25. The molecule has 1 aliphatic heterocycles. The minimum atomic E-state index is -0.490. The second kappa shape index (κ2) is 8.89. The van der Waals surface area contributed by atoms with Crippen LogP contribution in [0, 0.1) is 0 Å². The number of thiocarbonyl (C=S) groups is 1. The van der Waals surface area contributed by atoms with Gasteiger partial charge >= 0.3 is 5.97 Å². The van der Waals surface area contributed by atoms with Crippen molar-refractivity contribution in [2.75, 3.05) is 13.7 Å². The third kappa shape index (κ3) is 4.29. The van der Waals surface area contributed by atoms with Gasteiger partial charge in [-0.1, -0.05) is 42.2 Å². The van der Waals surface area contributed by atoms with Gasteiger partial charge in [0, 0.05) is 6.54 Å². The Kier molecular flexibility index (Phi) is 6.53. The quantitative estimate of drug-likeness (QED) is 0.264. The standard InChI is InChI=1S/C20H16BrNO4S2/c1-3-22-18(23)16(28-20(22)27)11-12-9-14(21)17(15(10-12)25-2)26-19(24)13-7-5-4-6-8-13/h4-11H,3H2,1-2H3/b16-11-. The summed E-state index contributed by atoms with van der Waals surface area (Å²) in [4.78, 5) is 26.9. The number of thioether (sulfide) groups is 1. The number of carbonyl (C=O) groups excluding carboxylic acids is 2. The fraction of sp³-hybridized carbons (Fsp3) is 0.150. The number of amides is 1. The van der Waals surface area contributed by atoms with E-state index in [1.54, 1.807) is 47.4 Å². The summed E-state index contributed by atoms with van der Waals surface area (Å²) in [6, 6.07) is 12.2. The fourth-order valence-corrected chi connectivity index (χ4v) is 4.50. The van der Waals surface area contributed by atoms with E-state index in [-0.39, 0.29) is 11.7 Å². The lowest BCUT2D eigenvalue weighted by molar-refractivity contribution is -0.121. The molecule has 8 heteroatoms. The van der Waals surface area contributed by atoms with Crippen molar-refractivity contribution in [3.05, 3.63) is 63.0 Å². The maximum Gasteiger partial charge on any atom is 0.343 e. The van der Waals surface area contributed by atoms with Crippen LogP contribution < -0.4 is 9.47 Å². The van der Waals surface area contributed by atoms with Crippen LogP contribution in [0.4, 0.5) is 0 Å². The van der Waals surface area contributed by atoms with Crippen molar-refractivity contribution in [2.24, 2.45) is 0 Å². The molecule has 1 amide bonds. The van der Waals surface area contributed by atoms with Crippen LogP contribution >= 0.6 is 39.9 Å². The molecule has 1 heterocycles. The summed E-state index contributed by atoms with van der Waals surface area (Å²) in [5.41, 5.74) is 1.16. The van der Waals surface area contributed by atoms with Crippen molar-refractivity contribution < 1.29 is 19.1 Å². The topological polar surface area (TPSA) is 55.8 Å². The van der Waals surface area contributed by atoms with Crippen molar-refractivity contribution >= 4 is 62.2 Å². The molecular formula is C20H16BrNO4S2. The van der Waals surface area contributed by atoms with Crippen LogP contribution in [-0.4, -0.2) is 34.8 Å². The number of hydrogen-bond donors (Lipinski definition) is 0. The Bertz CT molecular complexity index is 976. The lowest BCUT2D eigenvalue weighted by Gasteiger charge is -2.12. The largest absolute Gasteiger partial charge is 0.493 e. The van der Waals surface area contributed by atoms with Crippen molar-refractivity contribution in [3.63, 3.8) is 0 Å². The molecule has 0 atom stereocenters. The summed E-state index contributed by atoms with van der Waals surface area (Å²) in [7, 11) is 1.49. The highest BCUT2D eigenvalue weighted by Crippen LogP contribution is 2.39. The van der Waals surface area contributed by atoms with E-state index in [2.05, 4.69) is 15.9 Å². The zero-order valence-corrected chi connectivity index (χ0v) is 18.3. The molecule has 5 nitrogen and oxygen atoms in total. The molecule has 3 rings (SSSR count). The lowest BCUT2D eigenvalue weighted by Crippen LogP contribution is -2.27. The average molecular weight is 478 g/mol. The average Bonchev–Trinajstić information content (AvgIpc) is 2.96. The highest BCUT2D eigenvalue weighted by Gasteiger charge is 2.30. The van der Waals surface area contributed by atoms with Gasteiger partial charge in [0.2, 0.25) is 0 Å². The number of rotatable bonds is 5. The Morgan fingerprint density at radius 2 is 2.00 bits per heavy atom. The number of hydrogen-bond acceptors (Lipinski definition) is 6. The molecule has 0 unspecified atom stereocenters. The Labute approximate surface area is 180 Å². The number of ether oxygens (including phenoxy) is 2. The molecule has 0 bridgehead atoms. The molecule has 0 aliphatic carbocycles. The number of benzene rings is 2. The van der Waals surface area contributed by atoms with Crippen molar-refractivity contribution in [2.45, 2.75) is 6.92 Å². The van der Waals surface area contributed by atoms with Gasteiger partial charge in [-0.2, -0.15) is 0 Å². The lowest BCUT2D eigenvalue weighted by atomic mass is 10.1. The van der Waals surface area contributed by atoms with Crippen molar-refractivity contribution in [1.29, 1.82) is 0 Å². The van der Waals surface area contributed by atoms with E-state index >= 15 is 0 Å². The SMILES string of the molecule is CCN1C(=O)/C(=C/c2cc(Br)c(OC(=O)c3ccccc3)c(OC)c2)SC1=S. The van der Waals surface area contributed by atoms with Gasteiger partial charge in [-0.25, -0.2) is 4.79 Å². The third-order valence-corrected chi connectivity index (χ3v) is 5.91. The monoisotopic (exact) mass is 477 g/mol. The van der Waals surface area contributed by atoms with Gasteiger partial charge in [0.1, 0.15) is 4.32 Å². The van der Waals surface area contributed by atoms with Gasteiger partial charge in [-0.05, 0) is 58.8 Å². The number of esters is 1. The van der Waals surface area contributed by atoms with E-state index in [9.17, 15) is 9.59 Å². The summed E-state index contributed by atoms with van der Waals surface area (Å²) in [5, 5.41) is 0. The number of nitrogens with zero attached hydrogens (tertiary/aromatic N) is 1. The number of methoxy groups -OCH3 is 1. The van der Waals surface area contributed by atoms with E-state index in [0.717, 1.165) is 5.56 Å². The third-order valence-electron chi connectivity index (χ3n) is 3.94. The molecule has 144 valence electrons. The molecule has 2 aromatic carbocycles. The van der Waals surface area contributed by atoms with Crippen LogP contribution in [0.3, 0.4) is 0 Å². The molecule has 0 radical (unpaired) electrons. The second-order valence-electron chi connectivity index (χ2n) is 5.72. The van der Waals surface area contributed by atoms with Crippen molar-refractivity contribution in [1.82, 2.24) is 4.90 Å². The van der Waals surface area contributed by atoms with Gasteiger partial charge in [0.25, 0.3) is 5.91 Å². The van der Waals surface area contributed by atoms with Gasteiger partial charge in [0.05, 0.1) is 22.1 Å². The zero-order chi connectivity index (χ0) is 20.3. The first-order valence-corrected chi connectivity index (χ1v) is 10.4. The van der Waals surface area contributed by atoms with E-state index < -0.39 is 5.97 Å². The first-order valence-electron chi connectivity index (χ1n) is 8.34. The molecule has 0 N–H and O–H groups in total. The van der Waals surface area contributed by atoms with Gasteiger partial charge in [-0.15, -0.1) is 0 Å². The Morgan fingerprint density at radius 3 is 2.61 bits per heavy atom. The normalized spacial score (nSPS) is 15.2. The predicted octanol–water partition coefficient (Wildman–Crippen LogP) is 4.90. The zero-order valence-electron chi connectivity index (χ0n) is 15.1. The minimum Gasteiger partial charge on any atom is -0.493 e. The van der Waals surface area contributed by atoms with Crippen molar-refractivity contribution in [3.8, 4) is 11.5 Å². The fourth-order valence-electron chi connectivity index (χ4n) is 2.57. The number of halogens is 1. The predicted molar refractivity (Wildman–Crippen MR) is 118 cm³/mol. The van der Waals surface area contributed by atoms with Gasteiger partial charge in [0.15, 0.2) is 11.5 Å². The van der Waals surface area contributed by atoms with Crippen LogP contribution in [0.5, 0.6) is 11.5 Å². The maximum atomic E-state index is 12.4. The molecule has 1 saturated heterocycles. The molecule has 0 spiro atoms. The smallest absolute Gasteiger partial charge is 0.343 e.